The van der Waals surface area contributed by atoms with Crippen molar-refractivity contribution < 1.29 is 19.1 Å². The van der Waals surface area contributed by atoms with Gasteiger partial charge in [-0.3, -0.25) is 14.6 Å². The molecule has 0 N–H and O–H groups in total. The average Bonchev–Trinajstić information content (AvgIpc) is 2.92. The predicted molar refractivity (Wildman–Crippen MR) is 146 cm³/mol. The molecule has 2 atom stereocenters. The fourth-order valence-corrected chi connectivity index (χ4v) is 5.18. The van der Waals surface area contributed by atoms with Crippen molar-refractivity contribution in [2.75, 3.05) is 44.4 Å². The topological polar surface area (TPSA) is 71.4 Å². The third-order valence-electron chi connectivity index (χ3n) is 7.09. The smallest absolute Gasteiger partial charge is 0.306 e. The summed E-state index contributed by atoms with van der Waals surface area (Å²) in [6.07, 6.45) is 5.99. The third-order valence-corrected chi connectivity index (χ3v) is 7.09. The number of ether oxygens (including phenoxy) is 2. The number of unbranched alkanes of at least 4 members (excludes halogenated alkanes) is 1. The van der Waals surface area contributed by atoms with E-state index >= 15 is 0 Å². The molecular formula is C30H39N3O4. The molecule has 7 heteroatoms. The van der Waals surface area contributed by atoms with Gasteiger partial charge in [0.25, 0.3) is 5.91 Å². The maximum Gasteiger partial charge on any atom is 0.306 e. The molecule has 2 aromatic rings. The Morgan fingerprint density at radius 1 is 1.14 bits per heavy atom. The van der Waals surface area contributed by atoms with E-state index in [1.54, 1.807) is 0 Å². The Morgan fingerprint density at radius 3 is 2.65 bits per heavy atom. The molecule has 0 saturated carbocycles. The van der Waals surface area contributed by atoms with E-state index in [0.717, 1.165) is 44.5 Å². The van der Waals surface area contributed by atoms with E-state index in [-0.39, 0.29) is 23.7 Å². The number of hydrazone groups is 1. The van der Waals surface area contributed by atoms with Gasteiger partial charge >= 0.3 is 5.97 Å². The average molecular weight is 506 g/mol. The lowest BCUT2D eigenvalue weighted by atomic mass is 9.76. The highest BCUT2D eigenvalue weighted by atomic mass is 16.5. The van der Waals surface area contributed by atoms with Crippen LogP contribution in [0.5, 0.6) is 0 Å². The van der Waals surface area contributed by atoms with Crippen LogP contribution in [0.3, 0.4) is 0 Å². The first-order valence-corrected chi connectivity index (χ1v) is 13.6. The Bertz CT molecular complexity index is 1070. The number of anilines is 1. The van der Waals surface area contributed by atoms with Crippen molar-refractivity contribution >= 4 is 23.8 Å². The first-order valence-electron chi connectivity index (χ1n) is 13.6. The number of hydrogen-bond donors (Lipinski definition) is 0. The van der Waals surface area contributed by atoms with Gasteiger partial charge < -0.3 is 14.4 Å². The van der Waals surface area contributed by atoms with Crippen molar-refractivity contribution in [2.45, 2.75) is 51.9 Å². The number of fused-ring (bicyclic) bond motifs is 1. The van der Waals surface area contributed by atoms with Gasteiger partial charge in [-0.25, -0.2) is 0 Å². The number of rotatable bonds is 10. The summed E-state index contributed by atoms with van der Waals surface area (Å²) in [6, 6.07) is 15.8. The van der Waals surface area contributed by atoms with Crippen molar-refractivity contribution in [2.24, 2.45) is 11.0 Å². The molecule has 37 heavy (non-hydrogen) atoms. The number of carbonyl (C=O) groups is 2. The van der Waals surface area contributed by atoms with Crippen LogP contribution < -0.4 is 4.90 Å². The summed E-state index contributed by atoms with van der Waals surface area (Å²) in [6.45, 7) is 7.99. The van der Waals surface area contributed by atoms with Crippen LogP contribution in [0.15, 0.2) is 53.6 Å². The number of benzene rings is 2. The molecule has 198 valence electrons. The van der Waals surface area contributed by atoms with Crippen molar-refractivity contribution in [1.82, 2.24) is 5.01 Å². The Balaban J connectivity index is 1.63. The molecule has 2 aromatic carbocycles. The molecule has 0 spiro atoms. The van der Waals surface area contributed by atoms with E-state index in [0.29, 0.717) is 38.3 Å². The van der Waals surface area contributed by atoms with Crippen molar-refractivity contribution in [3.63, 3.8) is 0 Å². The summed E-state index contributed by atoms with van der Waals surface area (Å²) in [5.74, 6) is 0.129. The summed E-state index contributed by atoms with van der Waals surface area (Å²) in [7, 11) is 0. The maximum absolute atomic E-state index is 13.5. The van der Waals surface area contributed by atoms with Crippen LogP contribution >= 0.6 is 0 Å². The van der Waals surface area contributed by atoms with E-state index in [4.69, 9.17) is 14.6 Å². The fraction of sp³-hybridized carbons (Fsp3) is 0.500. The molecule has 1 fully saturated rings. The van der Waals surface area contributed by atoms with E-state index in [2.05, 4.69) is 30.1 Å². The zero-order valence-electron chi connectivity index (χ0n) is 22.1. The SMILES string of the molecule is CCCCN(C(=O)c1ccccc1)c1ccc2c(c1)CC(CC(=O)OCC)CC2C=NN1CCOCC1. The van der Waals surface area contributed by atoms with E-state index in [1.807, 2.05) is 48.4 Å². The Morgan fingerprint density at radius 2 is 1.92 bits per heavy atom. The Labute approximate surface area is 220 Å². The highest BCUT2D eigenvalue weighted by Crippen LogP contribution is 2.38. The number of esters is 1. The van der Waals surface area contributed by atoms with Gasteiger partial charge in [0.05, 0.1) is 32.9 Å². The largest absolute Gasteiger partial charge is 0.466 e. The summed E-state index contributed by atoms with van der Waals surface area (Å²) in [4.78, 5) is 27.7. The second kappa shape index (κ2) is 13.4. The van der Waals surface area contributed by atoms with Gasteiger partial charge in [0.15, 0.2) is 0 Å². The first-order chi connectivity index (χ1) is 18.1. The Hall–Kier alpha value is -3.19. The minimum absolute atomic E-state index is 0.0123. The maximum atomic E-state index is 13.5. The number of carbonyl (C=O) groups excluding carboxylic acids is 2. The molecule has 1 aliphatic carbocycles. The van der Waals surface area contributed by atoms with Crippen LogP contribution in [0.25, 0.3) is 0 Å². The molecule has 1 heterocycles. The van der Waals surface area contributed by atoms with Gasteiger partial charge in [-0.15, -0.1) is 0 Å². The molecule has 7 nitrogen and oxygen atoms in total. The summed E-state index contributed by atoms with van der Waals surface area (Å²) in [5.41, 5.74) is 4.00. The standard InChI is InChI=1S/C30H39N3O4/c1-3-5-13-33(30(35)24-9-7-6-8-10-24)27-11-12-28-25(21-27)18-23(20-29(34)37-4-2)19-26(28)22-31-32-14-16-36-17-15-32/h6-12,21-23,26H,3-5,13-20H2,1-2H3. The molecule has 1 saturated heterocycles. The molecular weight excluding hydrogens is 466 g/mol. The predicted octanol–water partition coefficient (Wildman–Crippen LogP) is 5.05. The normalized spacial score (nSPS) is 19.5. The molecule has 2 aliphatic rings. The number of nitrogens with zero attached hydrogens (tertiary/aromatic N) is 3. The summed E-state index contributed by atoms with van der Waals surface area (Å²) < 4.78 is 10.7. The van der Waals surface area contributed by atoms with Gasteiger partial charge in [0, 0.05) is 36.3 Å². The van der Waals surface area contributed by atoms with E-state index in [1.165, 1.54) is 11.1 Å². The zero-order chi connectivity index (χ0) is 26.0. The second-order valence-electron chi connectivity index (χ2n) is 9.81. The van der Waals surface area contributed by atoms with Crippen LogP contribution in [0.1, 0.15) is 66.9 Å². The van der Waals surface area contributed by atoms with Gasteiger partial charge in [-0.2, -0.15) is 5.10 Å². The van der Waals surface area contributed by atoms with Crippen LogP contribution in [0.4, 0.5) is 5.69 Å². The summed E-state index contributed by atoms with van der Waals surface area (Å²) in [5, 5.41) is 6.82. The minimum Gasteiger partial charge on any atom is -0.466 e. The lowest BCUT2D eigenvalue weighted by Gasteiger charge is -2.32. The van der Waals surface area contributed by atoms with Gasteiger partial charge in [0.1, 0.15) is 0 Å². The molecule has 1 aliphatic heterocycles. The third kappa shape index (κ3) is 7.19. The van der Waals surface area contributed by atoms with Gasteiger partial charge in [0.2, 0.25) is 0 Å². The van der Waals surface area contributed by atoms with Gasteiger partial charge in [-0.05, 0) is 67.5 Å². The number of hydrogen-bond acceptors (Lipinski definition) is 6. The fourth-order valence-electron chi connectivity index (χ4n) is 5.18. The molecule has 0 radical (unpaired) electrons. The van der Waals surface area contributed by atoms with Gasteiger partial charge in [-0.1, -0.05) is 37.6 Å². The highest BCUT2D eigenvalue weighted by molar-refractivity contribution is 6.06. The van der Waals surface area contributed by atoms with Crippen LogP contribution in [-0.2, 0) is 20.7 Å². The molecule has 0 bridgehead atoms. The number of morpholine rings is 1. The van der Waals surface area contributed by atoms with Crippen molar-refractivity contribution in [1.29, 1.82) is 0 Å². The molecule has 1 amide bonds. The van der Waals surface area contributed by atoms with E-state index < -0.39 is 0 Å². The first kappa shape index (κ1) is 26.9. The van der Waals surface area contributed by atoms with Crippen LogP contribution in [0.2, 0.25) is 0 Å². The molecule has 2 unspecified atom stereocenters. The molecule has 0 aromatic heterocycles. The zero-order valence-corrected chi connectivity index (χ0v) is 22.1. The highest BCUT2D eigenvalue weighted by Gasteiger charge is 2.29. The monoisotopic (exact) mass is 505 g/mol. The van der Waals surface area contributed by atoms with Crippen LogP contribution in [0, 0.1) is 5.92 Å². The van der Waals surface area contributed by atoms with Crippen LogP contribution in [-0.4, -0.2) is 62.6 Å². The Kier molecular flexibility index (Phi) is 9.71. The molecule has 4 rings (SSSR count). The van der Waals surface area contributed by atoms with E-state index in [9.17, 15) is 9.59 Å². The number of amides is 1. The minimum atomic E-state index is -0.153. The quantitative estimate of drug-likeness (QED) is 0.334. The second-order valence-corrected chi connectivity index (χ2v) is 9.81. The van der Waals surface area contributed by atoms with Crippen molar-refractivity contribution in [3.8, 4) is 0 Å². The lowest BCUT2D eigenvalue weighted by Crippen LogP contribution is -2.33. The lowest BCUT2D eigenvalue weighted by molar-refractivity contribution is -0.144. The van der Waals surface area contributed by atoms with Crippen molar-refractivity contribution in [3.05, 3.63) is 65.2 Å². The summed E-state index contributed by atoms with van der Waals surface area (Å²) >= 11 is 0.